The van der Waals surface area contributed by atoms with E-state index in [1.54, 1.807) is 6.07 Å². The van der Waals surface area contributed by atoms with E-state index in [4.69, 9.17) is 23.2 Å². The van der Waals surface area contributed by atoms with Crippen molar-refractivity contribution in [3.63, 3.8) is 0 Å². The normalized spacial score (nSPS) is 31.2. The van der Waals surface area contributed by atoms with E-state index in [2.05, 4.69) is 14.9 Å². The zero-order valence-electron chi connectivity index (χ0n) is 9.24. The Morgan fingerprint density at radius 3 is 2.94 bits per heavy atom. The van der Waals surface area contributed by atoms with Gasteiger partial charge in [0, 0.05) is 12.6 Å². The van der Waals surface area contributed by atoms with Gasteiger partial charge in [0.2, 0.25) is 5.28 Å². The van der Waals surface area contributed by atoms with E-state index in [-0.39, 0.29) is 17.4 Å². The van der Waals surface area contributed by atoms with Crippen molar-refractivity contribution in [1.29, 1.82) is 0 Å². The summed E-state index contributed by atoms with van der Waals surface area (Å²) in [5, 5.41) is 10.2. The fourth-order valence-electron chi connectivity index (χ4n) is 3.15. The first kappa shape index (κ1) is 11.5. The van der Waals surface area contributed by atoms with Gasteiger partial charge < -0.3 is 10.0 Å². The van der Waals surface area contributed by atoms with Crippen LogP contribution in [0.2, 0.25) is 10.4 Å². The number of nitrogens with zero attached hydrogens (tertiary/aromatic N) is 3. The molecule has 1 aromatic heterocycles. The number of rotatable bonds is 2. The highest BCUT2D eigenvalue weighted by molar-refractivity contribution is 6.32. The molecule has 1 N–H and O–H groups in total. The van der Waals surface area contributed by atoms with Crippen LogP contribution < -0.4 is 4.90 Å². The second kappa shape index (κ2) is 3.97. The van der Waals surface area contributed by atoms with Gasteiger partial charge in [-0.25, -0.2) is 9.97 Å². The van der Waals surface area contributed by atoms with E-state index in [0.29, 0.717) is 11.1 Å². The van der Waals surface area contributed by atoms with E-state index < -0.39 is 0 Å². The lowest BCUT2D eigenvalue weighted by atomic mass is 9.98. The zero-order valence-corrected chi connectivity index (χ0v) is 10.7. The van der Waals surface area contributed by atoms with Gasteiger partial charge in [0.15, 0.2) is 0 Å². The Morgan fingerprint density at radius 2 is 2.29 bits per heavy atom. The van der Waals surface area contributed by atoms with Gasteiger partial charge >= 0.3 is 0 Å². The van der Waals surface area contributed by atoms with E-state index in [1.807, 2.05) is 0 Å². The Labute approximate surface area is 110 Å². The van der Waals surface area contributed by atoms with Crippen LogP contribution in [0.3, 0.4) is 0 Å². The van der Waals surface area contributed by atoms with Crippen molar-refractivity contribution in [2.24, 2.45) is 5.92 Å². The molecular weight excluding hydrogens is 261 g/mol. The molecule has 2 bridgehead atoms. The van der Waals surface area contributed by atoms with Crippen LogP contribution in [0.1, 0.15) is 19.3 Å². The molecule has 6 heteroatoms. The second-order valence-electron chi connectivity index (χ2n) is 4.92. The van der Waals surface area contributed by atoms with Crippen molar-refractivity contribution >= 4 is 29.0 Å². The molecule has 2 aliphatic rings. The topological polar surface area (TPSA) is 49.2 Å². The minimum Gasteiger partial charge on any atom is -0.394 e. The van der Waals surface area contributed by atoms with Gasteiger partial charge in [0.05, 0.1) is 12.1 Å². The summed E-state index contributed by atoms with van der Waals surface area (Å²) in [5.41, 5.74) is -0.161. The van der Waals surface area contributed by atoms with Crippen LogP contribution in [0.4, 0.5) is 5.82 Å². The summed E-state index contributed by atoms with van der Waals surface area (Å²) < 4.78 is 0. The molecule has 1 aromatic rings. The first-order chi connectivity index (χ1) is 8.13. The molecule has 3 rings (SSSR count). The van der Waals surface area contributed by atoms with Crippen molar-refractivity contribution in [2.75, 3.05) is 18.1 Å². The highest BCUT2D eigenvalue weighted by Gasteiger charge is 2.50. The van der Waals surface area contributed by atoms with E-state index in [9.17, 15) is 5.11 Å². The van der Waals surface area contributed by atoms with Crippen molar-refractivity contribution < 1.29 is 5.11 Å². The van der Waals surface area contributed by atoms with Gasteiger partial charge in [-0.2, -0.15) is 0 Å². The summed E-state index contributed by atoms with van der Waals surface area (Å²) in [5.74, 6) is 1.38. The molecule has 17 heavy (non-hydrogen) atoms. The number of anilines is 1. The highest BCUT2D eigenvalue weighted by atomic mass is 35.5. The number of aliphatic hydroxyl groups is 1. The van der Waals surface area contributed by atoms with Crippen LogP contribution >= 0.6 is 23.2 Å². The number of halogens is 2. The summed E-state index contributed by atoms with van der Waals surface area (Å²) in [6.07, 6.45) is 3.22. The number of hydrogen-bond donors (Lipinski definition) is 1. The molecule has 2 atom stereocenters. The molecule has 0 radical (unpaired) electrons. The van der Waals surface area contributed by atoms with Crippen molar-refractivity contribution in [2.45, 2.75) is 24.8 Å². The Bertz CT molecular complexity index is 436. The molecule has 2 fully saturated rings. The second-order valence-corrected chi connectivity index (χ2v) is 5.65. The zero-order chi connectivity index (χ0) is 12.0. The number of aromatic nitrogens is 2. The lowest BCUT2D eigenvalue weighted by Gasteiger charge is -2.38. The predicted molar refractivity (Wildman–Crippen MR) is 66.6 cm³/mol. The SMILES string of the molecule is OC[C@]12CC[C@H](CN1c1cc(Cl)nc(Cl)n1)C2. The summed E-state index contributed by atoms with van der Waals surface area (Å²) >= 11 is 11.7. The molecule has 92 valence electrons. The first-order valence-corrected chi connectivity index (χ1v) is 6.47. The molecular formula is C11H13Cl2N3O. The molecule has 2 heterocycles. The van der Waals surface area contributed by atoms with Crippen LogP contribution in [-0.4, -0.2) is 33.8 Å². The van der Waals surface area contributed by atoms with Gasteiger partial charge in [0.1, 0.15) is 11.0 Å². The van der Waals surface area contributed by atoms with Crippen LogP contribution in [0.15, 0.2) is 6.07 Å². The molecule has 0 unspecified atom stereocenters. The average molecular weight is 274 g/mol. The molecule has 0 aromatic carbocycles. The standard InChI is InChI=1S/C11H13Cl2N3O/c12-8-3-9(15-10(13)14-8)16-5-7-1-2-11(16,4-7)6-17/h3,7,17H,1-2,4-6H2/t7-,11+/m0/s1. The molecule has 1 saturated heterocycles. The number of aliphatic hydroxyl groups excluding tert-OH is 1. The maximum atomic E-state index is 9.66. The van der Waals surface area contributed by atoms with E-state index in [0.717, 1.165) is 25.2 Å². The smallest absolute Gasteiger partial charge is 0.225 e. The molecule has 1 aliphatic heterocycles. The van der Waals surface area contributed by atoms with Crippen molar-refractivity contribution in [1.82, 2.24) is 9.97 Å². The largest absolute Gasteiger partial charge is 0.394 e. The van der Waals surface area contributed by atoms with Gasteiger partial charge in [-0.1, -0.05) is 11.6 Å². The minimum absolute atomic E-state index is 0.155. The van der Waals surface area contributed by atoms with Crippen molar-refractivity contribution in [3.05, 3.63) is 16.5 Å². The number of hydrogen-bond acceptors (Lipinski definition) is 4. The lowest BCUT2D eigenvalue weighted by Crippen LogP contribution is -2.48. The molecule has 0 spiro atoms. The van der Waals surface area contributed by atoms with Crippen LogP contribution in [-0.2, 0) is 0 Å². The minimum atomic E-state index is -0.161. The van der Waals surface area contributed by atoms with E-state index in [1.165, 1.54) is 6.42 Å². The third-order valence-corrected chi connectivity index (χ3v) is 4.29. The third-order valence-electron chi connectivity index (χ3n) is 3.92. The first-order valence-electron chi connectivity index (χ1n) is 5.71. The molecule has 4 nitrogen and oxygen atoms in total. The fraction of sp³-hybridized carbons (Fsp3) is 0.636. The quantitative estimate of drug-likeness (QED) is 0.663. The molecule has 0 amide bonds. The Balaban J connectivity index is 1.99. The Hall–Kier alpha value is -0.580. The number of fused-ring (bicyclic) bond motifs is 2. The molecule has 1 saturated carbocycles. The van der Waals surface area contributed by atoms with Gasteiger partial charge in [0.25, 0.3) is 0 Å². The van der Waals surface area contributed by atoms with Gasteiger partial charge in [-0.3, -0.25) is 0 Å². The van der Waals surface area contributed by atoms with Crippen LogP contribution in [0.5, 0.6) is 0 Å². The summed E-state index contributed by atoms with van der Waals surface area (Å²) in [7, 11) is 0. The maximum absolute atomic E-state index is 9.66. The Morgan fingerprint density at radius 1 is 1.47 bits per heavy atom. The molecule has 1 aliphatic carbocycles. The van der Waals surface area contributed by atoms with E-state index >= 15 is 0 Å². The lowest BCUT2D eigenvalue weighted by molar-refractivity contribution is 0.199. The number of piperidine rings is 1. The highest BCUT2D eigenvalue weighted by Crippen LogP contribution is 2.47. The third kappa shape index (κ3) is 1.79. The van der Waals surface area contributed by atoms with Crippen LogP contribution in [0.25, 0.3) is 0 Å². The monoisotopic (exact) mass is 273 g/mol. The van der Waals surface area contributed by atoms with Gasteiger partial charge in [-0.15, -0.1) is 0 Å². The van der Waals surface area contributed by atoms with Crippen LogP contribution in [0, 0.1) is 5.92 Å². The summed E-state index contributed by atoms with van der Waals surface area (Å²) in [6, 6.07) is 1.71. The maximum Gasteiger partial charge on any atom is 0.225 e. The summed E-state index contributed by atoms with van der Waals surface area (Å²) in [6.45, 7) is 1.08. The van der Waals surface area contributed by atoms with Gasteiger partial charge in [-0.05, 0) is 36.8 Å². The Kier molecular flexibility index (Phi) is 2.69. The summed E-state index contributed by atoms with van der Waals surface area (Å²) in [4.78, 5) is 10.2. The fourth-order valence-corrected chi connectivity index (χ4v) is 3.55. The average Bonchev–Trinajstić information content (AvgIpc) is 2.85. The van der Waals surface area contributed by atoms with Crippen molar-refractivity contribution in [3.8, 4) is 0 Å². The predicted octanol–water partition coefficient (Wildman–Crippen LogP) is 2.13.